The third-order valence-corrected chi connectivity index (χ3v) is 3.70. The summed E-state index contributed by atoms with van der Waals surface area (Å²) in [6, 6.07) is 0.125. The van der Waals surface area contributed by atoms with Crippen molar-refractivity contribution in [2.45, 2.75) is 51.1 Å². The van der Waals surface area contributed by atoms with Crippen molar-refractivity contribution < 1.29 is 14.7 Å². The van der Waals surface area contributed by atoms with Crippen LogP contribution in [-0.4, -0.2) is 39.2 Å². The highest BCUT2D eigenvalue weighted by Crippen LogP contribution is 2.16. The van der Waals surface area contributed by atoms with Crippen LogP contribution in [0.1, 0.15) is 49.0 Å². The monoisotopic (exact) mass is 294 g/mol. The Morgan fingerprint density at radius 3 is 2.62 bits per heavy atom. The van der Waals surface area contributed by atoms with Gasteiger partial charge in [0.25, 0.3) is 0 Å². The molecule has 0 radical (unpaired) electrons. The zero-order chi connectivity index (χ0) is 15.1. The normalized spacial score (nSPS) is 16.2. The van der Waals surface area contributed by atoms with Crippen LogP contribution < -0.4 is 10.6 Å². The van der Waals surface area contributed by atoms with E-state index in [4.69, 9.17) is 5.11 Å². The Morgan fingerprint density at radius 1 is 1.29 bits per heavy atom. The van der Waals surface area contributed by atoms with Gasteiger partial charge in [-0.3, -0.25) is 0 Å². The van der Waals surface area contributed by atoms with Crippen molar-refractivity contribution in [1.82, 2.24) is 20.2 Å². The van der Waals surface area contributed by atoms with Crippen LogP contribution in [-0.2, 0) is 6.54 Å². The second kappa shape index (κ2) is 7.66. The number of carbonyl (C=O) groups is 2. The largest absolute Gasteiger partial charge is 0.476 e. The first-order valence-electron chi connectivity index (χ1n) is 7.44. The van der Waals surface area contributed by atoms with Crippen molar-refractivity contribution in [1.29, 1.82) is 0 Å². The highest BCUT2D eigenvalue weighted by Gasteiger charge is 2.14. The van der Waals surface area contributed by atoms with E-state index in [2.05, 4.69) is 15.6 Å². The van der Waals surface area contributed by atoms with Crippen molar-refractivity contribution in [3.8, 4) is 0 Å². The third-order valence-electron chi connectivity index (χ3n) is 3.70. The summed E-state index contributed by atoms with van der Waals surface area (Å²) < 4.78 is 1.65. The number of carboxylic acids is 1. The molecule has 21 heavy (non-hydrogen) atoms. The molecule has 0 atom stereocenters. The van der Waals surface area contributed by atoms with Gasteiger partial charge in [-0.15, -0.1) is 0 Å². The molecular formula is C14H22N4O3. The Labute approximate surface area is 123 Å². The fraction of sp³-hybridized carbons (Fsp3) is 0.643. The molecule has 3 N–H and O–H groups in total. The topological polar surface area (TPSA) is 96.2 Å². The zero-order valence-corrected chi connectivity index (χ0v) is 12.0. The van der Waals surface area contributed by atoms with Crippen LogP contribution in [0.25, 0.3) is 0 Å². The maximum absolute atomic E-state index is 11.8. The molecule has 1 saturated carbocycles. The number of carboxylic acid groups (broad SMARTS) is 1. The predicted molar refractivity (Wildman–Crippen MR) is 77.2 cm³/mol. The molecule has 1 aliphatic carbocycles. The molecule has 7 heteroatoms. The first kappa shape index (κ1) is 15.3. The highest BCUT2D eigenvalue weighted by atomic mass is 16.4. The van der Waals surface area contributed by atoms with Crippen molar-refractivity contribution in [2.75, 3.05) is 6.54 Å². The van der Waals surface area contributed by atoms with E-state index in [0.29, 0.717) is 13.1 Å². The van der Waals surface area contributed by atoms with Gasteiger partial charge in [0.2, 0.25) is 0 Å². The number of aromatic carboxylic acids is 1. The van der Waals surface area contributed by atoms with E-state index >= 15 is 0 Å². The zero-order valence-electron chi connectivity index (χ0n) is 12.0. The van der Waals surface area contributed by atoms with Crippen molar-refractivity contribution in [2.24, 2.45) is 0 Å². The molecule has 116 valence electrons. The Balaban J connectivity index is 1.67. The van der Waals surface area contributed by atoms with Gasteiger partial charge in [0, 0.05) is 25.3 Å². The molecular weight excluding hydrogens is 272 g/mol. The van der Waals surface area contributed by atoms with Gasteiger partial charge in [-0.25, -0.2) is 14.6 Å². The molecule has 0 unspecified atom stereocenters. The number of hydrogen-bond donors (Lipinski definition) is 3. The maximum Gasteiger partial charge on any atom is 0.356 e. The molecule has 2 amide bonds. The molecule has 1 heterocycles. The smallest absolute Gasteiger partial charge is 0.356 e. The average Bonchev–Trinajstić information content (AvgIpc) is 2.77. The molecule has 7 nitrogen and oxygen atoms in total. The Morgan fingerprint density at radius 2 is 2.00 bits per heavy atom. The minimum atomic E-state index is -1.05. The van der Waals surface area contributed by atoms with Gasteiger partial charge in [-0.05, 0) is 12.8 Å². The standard InChI is InChI=1S/C14H22N4O3/c19-13(20)12-9-18(10-16-12)8-7-15-14(21)17-11-5-3-1-2-4-6-11/h9-11H,1-8H2,(H,19,20)(H2,15,17,21). The van der Waals surface area contributed by atoms with Crippen LogP contribution in [0.15, 0.2) is 12.5 Å². The van der Waals surface area contributed by atoms with Crippen LogP contribution in [0.2, 0.25) is 0 Å². The van der Waals surface area contributed by atoms with E-state index in [1.807, 2.05) is 0 Å². The molecule has 1 fully saturated rings. The number of aromatic nitrogens is 2. The summed E-state index contributed by atoms with van der Waals surface area (Å²) in [4.78, 5) is 26.2. The number of imidazole rings is 1. The minimum absolute atomic E-state index is 0.0120. The molecule has 0 spiro atoms. The van der Waals surface area contributed by atoms with E-state index in [1.165, 1.54) is 38.2 Å². The quantitative estimate of drug-likeness (QED) is 0.719. The number of nitrogens with zero attached hydrogens (tertiary/aromatic N) is 2. The van der Waals surface area contributed by atoms with Crippen molar-refractivity contribution in [3.63, 3.8) is 0 Å². The number of nitrogens with one attached hydrogen (secondary N) is 2. The van der Waals surface area contributed by atoms with Crippen LogP contribution in [0.4, 0.5) is 4.79 Å². The lowest BCUT2D eigenvalue weighted by Gasteiger charge is -2.16. The van der Waals surface area contributed by atoms with E-state index in [9.17, 15) is 9.59 Å². The van der Waals surface area contributed by atoms with Gasteiger partial charge in [0.05, 0.1) is 6.33 Å². The summed E-state index contributed by atoms with van der Waals surface area (Å²) >= 11 is 0. The number of carbonyl (C=O) groups excluding carboxylic acids is 1. The summed E-state index contributed by atoms with van der Waals surface area (Å²) in [5.41, 5.74) is 0.0120. The lowest BCUT2D eigenvalue weighted by molar-refractivity contribution is 0.0691. The molecule has 0 aliphatic heterocycles. The first-order chi connectivity index (χ1) is 10.1. The number of amides is 2. The fourth-order valence-corrected chi connectivity index (χ4v) is 2.55. The lowest BCUT2D eigenvalue weighted by atomic mass is 10.1. The van der Waals surface area contributed by atoms with Gasteiger partial charge in [-0.2, -0.15) is 0 Å². The SMILES string of the molecule is O=C(NCCn1cnc(C(=O)O)c1)NC1CCCCCC1. The van der Waals surface area contributed by atoms with Crippen LogP contribution in [0.3, 0.4) is 0 Å². The number of urea groups is 1. The molecule has 1 aliphatic rings. The van der Waals surface area contributed by atoms with Crippen molar-refractivity contribution >= 4 is 12.0 Å². The number of hydrogen-bond acceptors (Lipinski definition) is 3. The van der Waals surface area contributed by atoms with E-state index in [0.717, 1.165) is 12.8 Å². The lowest BCUT2D eigenvalue weighted by Crippen LogP contribution is -2.42. The number of rotatable bonds is 5. The van der Waals surface area contributed by atoms with Gasteiger partial charge >= 0.3 is 12.0 Å². The van der Waals surface area contributed by atoms with Gasteiger partial charge in [-0.1, -0.05) is 25.7 Å². The molecule has 0 bridgehead atoms. The molecule has 1 aromatic heterocycles. The second-order valence-electron chi connectivity index (χ2n) is 5.39. The van der Waals surface area contributed by atoms with Crippen LogP contribution >= 0.6 is 0 Å². The molecule has 1 aromatic rings. The Kier molecular flexibility index (Phi) is 5.59. The molecule has 0 aromatic carbocycles. The second-order valence-corrected chi connectivity index (χ2v) is 5.39. The average molecular weight is 294 g/mol. The van der Waals surface area contributed by atoms with Gasteiger partial charge in [0.1, 0.15) is 0 Å². The summed E-state index contributed by atoms with van der Waals surface area (Å²) in [5, 5.41) is 14.6. The van der Waals surface area contributed by atoms with Crippen LogP contribution in [0, 0.1) is 0 Å². The van der Waals surface area contributed by atoms with E-state index < -0.39 is 5.97 Å². The fourth-order valence-electron chi connectivity index (χ4n) is 2.55. The third kappa shape index (κ3) is 5.09. The summed E-state index contributed by atoms with van der Waals surface area (Å²) in [6.45, 7) is 0.937. The van der Waals surface area contributed by atoms with E-state index in [-0.39, 0.29) is 17.8 Å². The van der Waals surface area contributed by atoms with Gasteiger partial charge in [0.15, 0.2) is 5.69 Å². The summed E-state index contributed by atoms with van der Waals surface area (Å²) in [5.74, 6) is -1.05. The predicted octanol–water partition coefficient (Wildman–Crippen LogP) is 1.60. The molecule has 2 rings (SSSR count). The first-order valence-corrected chi connectivity index (χ1v) is 7.44. The van der Waals surface area contributed by atoms with E-state index in [1.54, 1.807) is 4.57 Å². The van der Waals surface area contributed by atoms with Crippen LogP contribution in [0.5, 0.6) is 0 Å². The molecule has 0 saturated heterocycles. The van der Waals surface area contributed by atoms with Gasteiger partial charge < -0.3 is 20.3 Å². The summed E-state index contributed by atoms with van der Waals surface area (Å²) in [7, 11) is 0. The Hall–Kier alpha value is -2.05. The highest BCUT2D eigenvalue weighted by molar-refractivity contribution is 5.84. The summed E-state index contributed by atoms with van der Waals surface area (Å²) in [6.07, 6.45) is 9.88. The van der Waals surface area contributed by atoms with Crippen molar-refractivity contribution in [3.05, 3.63) is 18.2 Å². The Bertz CT molecular complexity index is 478. The minimum Gasteiger partial charge on any atom is -0.476 e. The maximum atomic E-state index is 11.8.